The Labute approximate surface area is 164 Å². The maximum absolute atomic E-state index is 12.2. The van der Waals surface area contributed by atoms with Gasteiger partial charge in [0.25, 0.3) is 5.91 Å². The SMILES string of the molecule is COc1cc(/C=N\NC(=O)c2ccc3c(c2)OCO3)cc(Cl)c1OCC(=O)O. The summed E-state index contributed by atoms with van der Waals surface area (Å²) in [4.78, 5) is 22.8. The summed E-state index contributed by atoms with van der Waals surface area (Å²) in [6.45, 7) is -0.442. The van der Waals surface area contributed by atoms with Gasteiger partial charge >= 0.3 is 5.97 Å². The Morgan fingerprint density at radius 2 is 2.07 bits per heavy atom. The molecule has 0 radical (unpaired) electrons. The highest BCUT2D eigenvalue weighted by Crippen LogP contribution is 2.36. The topological polar surface area (TPSA) is 116 Å². The van der Waals surface area contributed by atoms with Crippen LogP contribution in [-0.4, -0.2) is 43.7 Å². The van der Waals surface area contributed by atoms with E-state index in [2.05, 4.69) is 10.5 Å². The molecule has 1 aliphatic rings. The fourth-order valence-corrected chi connectivity index (χ4v) is 2.63. The van der Waals surface area contributed by atoms with E-state index in [1.807, 2.05) is 0 Å². The molecule has 1 aliphatic heterocycles. The first-order valence-corrected chi connectivity index (χ1v) is 8.31. The van der Waals surface area contributed by atoms with E-state index in [1.165, 1.54) is 19.4 Å². The number of carbonyl (C=O) groups excluding carboxylic acids is 1. The van der Waals surface area contributed by atoms with Gasteiger partial charge in [-0.3, -0.25) is 4.79 Å². The maximum atomic E-state index is 12.2. The molecular weight excluding hydrogens is 392 g/mol. The molecule has 0 aliphatic carbocycles. The number of rotatable bonds is 7. The number of carboxylic acid groups (broad SMARTS) is 1. The van der Waals surface area contributed by atoms with E-state index in [0.29, 0.717) is 22.6 Å². The van der Waals surface area contributed by atoms with Crippen molar-refractivity contribution in [2.75, 3.05) is 20.5 Å². The zero-order valence-corrected chi connectivity index (χ0v) is 15.4. The van der Waals surface area contributed by atoms with Gasteiger partial charge in [-0.1, -0.05) is 11.6 Å². The van der Waals surface area contributed by atoms with E-state index < -0.39 is 18.5 Å². The molecule has 0 saturated heterocycles. The molecule has 0 spiro atoms. The van der Waals surface area contributed by atoms with Crippen LogP contribution in [0.4, 0.5) is 0 Å². The first-order chi connectivity index (χ1) is 13.5. The summed E-state index contributed by atoms with van der Waals surface area (Å²) in [5.74, 6) is -0.175. The lowest BCUT2D eigenvalue weighted by Crippen LogP contribution is -2.17. The van der Waals surface area contributed by atoms with Crippen molar-refractivity contribution in [2.24, 2.45) is 5.10 Å². The van der Waals surface area contributed by atoms with E-state index in [9.17, 15) is 9.59 Å². The molecule has 3 rings (SSSR count). The second-order valence-corrected chi connectivity index (χ2v) is 5.89. The predicted octanol–water partition coefficient (Wildman–Crippen LogP) is 2.30. The number of nitrogens with one attached hydrogen (secondary N) is 1. The van der Waals surface area contributed by atoms with E-state index in [1.54, 1.807) is 24.3 Å². The minimum absolute atomic E-state index is 0.105. The summed E-state index contributed by atoms with van der Waals surface area (Å²) in [5, 5.41) is 12.7. The van der Waals surface area contributed by atoms with Crippen molar-refractivity contribution in [3.05, 3.63) is 46.5 Å². The summed E-state index contributed by atoms with van der Waals surface area (Å²) in [5.41, 5.74) is 3.26. The average molecular weight is 407 g/mol. The van der Waals surface area contributed by atoms with Gasteiger partial charge in [0.15, 0.2) is 29.6 Å². The van der Waals surface area contributed by atoms with Crippen LogP contribution >= 0.6 is 11.6 Å². The lowest BCUT2D eigenvalue weighted by atomic mass is 10.2. The quantitative estimate of drug-likeness (QED) is 0.535. The second kappa shape index (κ2) is 8.49. The number of hydrogen-bond donors (Lipinski definition) is 2. The molecule has 0 fully saturated rings. The van der Waals surface area contributed by atoms with Gasteiger partial charge in [-0.15, -0.1) is 0 Å². The number of fused-ring (bicyclic) bond motifs is 1. The standard InChI is InChI=1S/C18H15ClN2O7/c1-25-15-5-10(4-12(19)17(15)26-8-16(22)23)7-20-21-18(24)11-2-3-13-14(6-11)28-9-27-13/h2-7H,8-9H2,1H3,(H,21,24)(H,22,23)/b20-7-. The van der Waals surface area contributed by atoms with Gasteiger partial charge in [-0.25, -0.2) is 10.2 Å². The highest BCUT2D eigenvalue weighted by Gasteiger charge is 2.16. The molecule has 146 valence electrons. The number of amides is 1. The lowest BCUT2D eigenvalue weighted by Gasteiger charge is -2.11. The van der Waals surface area contributed by atoms with E-state index in [4.69, 9.17) is 35.7 Å². The first-order valence-electron chi connectivity index (χ1n) is 7.93. The molecule has 0 atom stereocenters. The van der Waals surface area contributed by atoms with Gasteiger partial charge in [0.05, 0.1) is 18.3 Å². The molecule has 1 heterocycles. The first kappa shape index (κ1) is 19.3. The molecule has 2 N–H and O–H groups in total. The summed E-state index contributed by atoms with van der Waals surface area (Å²) in [7, 11) is 1.39. The Hall–Kier alpha value is -3.46. The van der Waals surface area contributed by atoms with Crippen molar-refractivity contribution >= 4 is 29.7 Å². The summed E-state index contributed by atoms with van der Waals surface area (Å²) in [6.07, 6.45) is 1.36. The average Bonchev–Trinajstić information content (AvgIpc) is 3.14. The highest BCUT2D eigenvalue weighted by molar-refractivity contribution is 6.32. The molecule has 1 amide bonds. The predicted molar refractivity (Wildman–Crippen MR) is 98.8 cm³/mol. The zero-order chi connectivity index (χ0) is 20.1. The van der Waals surface area contributed by atoms with Crippen molar-refractivity contribution in [1.82, 2.24) is 5.43 Å². The zero-order valence-electron chi connectivity index (χ0n) is 14.6. The van der Waals surface area contributed by atoms with E-state index in [-0.39, 0.29) is 23.3 Å². The fourth-order valence-electron chi connectivity index (χ4n) is 2.36. The number of nitrogens with zero attached hydrogens (tertiary/aromatic N) is 1. The van der Waals surface area contributed by atoms with Gasteiger partial charge in [-0.05, 0) is 35.9 Å². The summed E-state index contributed by atoms with van der Waals surface area (Å²) < 4.78 is 20.7. The van der Waals surface area contributed by atoms with Gasteiger partial charge < -0.3 is 24.1 Å². The van der Waals surface area contributed by atoms with Crippen molar-refractivity contribution in [3.63, 3.8) is 0 Å². The lowest BCUT2D eigenvalue weighted by molar-refractivity contribution is -0.139. The van der Waals surface area contributed by atoms with Crippen LogP contribution in [0.15, 0.2) is 35.4 Å². The van der Waals surface area contributed by atoms with E-state index in [0.717, 1.165) is 0 Å². The third-order valence-corrected chi connectivity index (χ3v) is 3.89. The van der Waals surface area contributed by atoms with Crippen LogP contribution in [0.5, 0.6) is 23.0 Å². The normalized spacial score (nSPS) is 12.1. The monoisotopic (exact) mass is 406 g/mol. The second-order valence-electron chi connectivity index (χ2n) is 5.48. The Kier molecular flexibility index (Phi) is 5.85. The third-order valence-electron chi connectivity index (χ3n) is 3.61. The molecule has 2 aromatic carbocycles. The van der Waals surface area contributed by atoms with Crippen LogP contribution in [0.3, 0.4) is 0 Å². The van der Waals surface area contributed by atoms with Crippen LogP contribution in [0, 0.1) is 0 Å². The van der Waals surface area contributed by atoms with Crippen LogP contribution in [-0.2, 0) is 4.79 Å². The molecule has 0 aromatic heterocycles. The number of hydrogen-bond acceptors (Lipinski definition) is 7. The van der Waals surface area contributed by atoms with Crippen molar-refractivity contribution in [3.8, 4) is 23.0 Å². The Morgan fingerprint density at radius 3 is 2.82 bits per heavy atom. The number of halogens is 1. The molecule has 28 heavy (non-hydrogen) atoms. The van der Waals surface area contributed by atoms with Crippen LogP contribution in [0.1, 0.15) is 15.9 Å². The molecule has 2 aromatic rings. The minimum Gasteiger partial charge on any atom is -0.493 e. The van der Waals surface area contributed by atoms with E-state index >= 15 is 0 Å². The molecule has 10 heteroatoms. The number of benzene rings is 2. The number of carbonyl (C=O) groups is 2. The Morgan fingerprint density at radius 1 is 1.29 bits per heavy atom. The number of ether oxygens (including phenoxy) is 4. The highest BCUT2D eigenvalue weighted by atomic mass is 35.5. The molecule has 9 nitrogen and oxygen atoms in total. The third kappa shape index (κ3) is 4.44. The Balaban J connectivity index is 1.69. The van der Waals surface area contributed by atoms with Crippen molar-refractivity contribution in [2.45, 2.75) is 0 Å². The summed E-state index contributed by atoms with van der Waals surface area (Å²) >= 11 is 6.12. The molecule has 0 saturated carbocycles. The van der Waals surface area contributed by atoms with Crippen LogP contribution < -0.4 is 24.4 Å². The summed E-state index contributed by atoms with van der Waals surface area (Å²) in [6, 6.07) is 7.83. The van der Waals surface area contributed by atoms with Crippen LogP contribution in [0.25, 0.3) is 0 Å². The van der Waals surface area contributed by atoms with Crippen LogP contribution in [0.2, 0.25) is 5.02 Å². The van der Waals surface area contributed by atoms with Gasteiger partial charge in [0.2, 0.25) is 6.79 Å². The molecular formula is C18H15ClN2O7. The number of carboxylic acids is 1. The van der Waals surface area contributed by atoms with Crippen molar-refractivity contribution < 1.29 is 33.6 Å². The molecule has 0 bridgehead atoms. The smallest absolute Gasteiger partial charge is 0.341 e. The van der Waals surface area contributed by atoms with Gasteiger partial charge in [0, 0.05) is 5.56 Å². The van der Waals surface area contributed by atoms with Crippen molar-refractivity contribution in [1.29, 1.82) is 0 Å². The van der Waals surface area contributed by atoms with Gasteiger partial charge in [0.1, 0.15) is 0 Å². The maximum Gasteiger partial charge on any atom is 0.341 e. The number of aliphatic carboxylic acids is 1. The largest absolute Gasteiger partial charge is 0.493 e. The number of hydrazone groups is 1. The molecule has 0 unspecified atom stereocenters. The fraction of sp³-hybridized carbons (Fsp3) is 0.167. The Bertz CT molecular complexity index is 946. The minimum atomic E-state index is -1.14. The van der Waals surface area contributed by atoms with Gasteiger partial charge in [-0.2, -0.15) is 5.10 Å². The number of methoxy groups -OCH3 is 1.